The average Bonchev–Trinajstić information content (AvgIpc) is 2.85. The highest BCUT2D eigenvalue weighted by Crippen LogP contribution is 2.36. The van der Waals surface area contributed by atoms with E-state index < -0.39 is 0 Å². The monoisotopic (exact) mass is 484 g/mol. The summed E-state index contributed by atoms with van der Waals surface area (Å²) >= 11 is 0. The van der Waals surface area contributed by atoms with Crippen LogP contribution in [-0.2, 0) is 0 Å². The zero-order chi connectivity index (χ0) is 25.7. The second-order valence-corrected chi connectivity index (χ2v) is 9.21. The van der Waals surface area contributed by atoms with Crippen LogP contribution in [0.2, 0.25) is 0 Å². The highest BCUT2D eigenvalue weighted by atomic mass is 16.5. The van der Waals surface area contributed by atoms with Gasteiger partial charge in [0.2, 0.25) is 0 Å². The SMILES string of the molecule is COc1ccc(NC(=O)N(C)C[C@@H]2Oc3c(cccc3N(C)C)C(=O)N([C@@H](C)CO)C[C@@H]2C)cc1. The van der Waals surface area contributed by atoms with E-state index in [1.54, 1.807) is 54.3 Å². The molecular formula is C26H36N4O5. The molecule has 3 rings (SSSR count). The van der Waals surface area contributed by atoms with Gasteiger partial charge >= 0.3 is 6.03 Å². The van der Waals surface area contributed by atoms with E-state index in [2.05, 4.69) is 5.32 Å². The molecule has 0 aromatic heterocycles. The number of aliphatic hydroxyl groups excluding tert-OH is 1. The number of benzene rings is 2. The Morgan fingerprint density at radius 3 is 2.51 bits per heavy atom. The van der Waals surface area contributed by atoms with Crippen LogP contribution in [0.4, 0.5) is 16.2 Å². The van der Waals surface area contributed by atoms with Gasteiger partial charge in [-0.25, -0.2) is 4.79 Å². The first-order valence-corrected chi connectivity index (χ1v) is 11.7. The van der Waals surface area contributed by atoms with Crippen molar-refractivity contribution in [1.29, 1.82) is 0 Å². The minimum absolute atomic E-state index is 0.104. The molecule has 35 heavy (non-hydrogen) atoms. The zero-order valence-corrected chi connectivity index (χ0v) is 21.3. The fraction of sp³-hybridized carbons (Fsp3) is 0.462. The Bertz CT molecular complexity index is 1030. The normalized spacial score (nSPS) is 18.5. The van der Waals surface area contributed by atoms with E-state index in [1.807, 2.05) is 45.0 Å². The van der Waals surface area contributed by atoms with Crippen LogP contribution in [0.1, 0.15) is 24.2 Å². The van der Waals surface area contributed by atoms with Crippen molar-refractivity contribution in [2.45, 2.75) is 26.0 Å². The minimum Gasteiger partial charge on any atom is -0.497 e. The van der Waals surface area contributed by atoms with E-state index in [0.717, 1.165) is 5.69 Å². The van der Waals surface area contributed by atoms with Gasteiger partial charge in [-0.1, -0.05) is 13.0 Å². The molecule has 3 atom stereocenters. The third-order valence-electron chi connectivity index (χ3n) is 6.29. The summed E-state index contributed by atoms with van der Waals surface area (Å²) in [4.78, 5) is 31.5. The first kappa shape index (κ1) is 26.2. The lowest BCUT2D eigenvalue weighted by Gasteiger charge is -2.39. The maximum absolute atomic E-state index is 13.4. The first-order valence-electron chi connectivity index (χ1n) is 11.7. The number of hydrogen-bond acceptors (Lipinski definition) is 6. The number of carbonyl (C=O) groups is 2. The number of methoxy groups -OCH3 is 1. The number of hydrogen-bond donors (Lipinski definition) is 2. The molecule has 1 aliphatic rings. The minimum atomic E-state index is -0.386. The summed E-state index contributed by atoms with van der Waals surface area (Å²) in [5.74, 6) is 0.909. The van der Waals surface area contributed by atoms with Crippen molar-refractivity contribution < 1.29 is 24.2 Å². The molecule has 2 N–H and O–H groups in total. The summed E-state index contributed by atoms with van der Waals surface area (Å²) in [6.07, 6.45) is -0.386. The number of likely N-dealkylation sites (N-methyl/N-ethyl adjacent to an activating group) is 1. The van der Waals surface area contributed by atoms with Crippen molar-refractivity contribution in [2.24, 2.45) is 5.92 Å². The van der Waals surface area contributed by atoms with Gasteiger partial charge in [-0.05, 0) is 43.3 Å². The Kier molecular flexibility index (Phi) is 8.45. The molecule has 0 aliphatic carbocycles. The van der Waals surface area contributed by atoms with Crippen LogP contribution in [0, 0.1) is 5.92 Å². The van der Waals surface area contributed by atoms with Gasteiger partial charge in [0.25, 0.3) is 5.91 Å². The fourth-order valence-electron chi connectivity index (χ4n) is 4.04. The lowest BCUT2D eigenvalue weighted by atomic mass is 9.99. The average molecular weight is 485 g/mol. The standard InChI is InChI=1S/C26H36N4O5/c1-17-14-30(18(2)16-31)25(32)21-8-7-9-22(28(3)4)24(21)35-23(17)15-29(5)26(33)27-19-10-12-20(34-6)13-11-19/h7-13,17-18,23,31H,14-16H2,1-6H3,(H,27,33)/t17-,18-,23-/m0/s1. The Morgan fingerprint density at radius 1 is 1.23 bits per heavy atom. The van der Waals surface area contributed by atoms with E-state index in [4.69, 9.17) is 9.47 Å². The largest absolute Gasteiger partial charge is 0.497 e. The zero-order valence-electron chi connectivity index (χ0n) is 21.3. The summed E-state index contributed by atoms with van der Waals surface area (Å²) in [7, 11) is 7.09. The van der Waals surface area contributed by atoms with E-state index in [-0.39, 0.29) is 36.6 Å². The molecule has 1 aliphatic heterocycles. The van der Waals surface area contributed by atoms with Crippen molar-refractivity contribution >= 4 is 23.3 Å². The molecule has 9 nitrogen and oxygen atoms in total. The molecule has 1 heterocycles. The topological polar surface area (TPSA) is 94.6 Å². The number of para-hydroxylation sites is 1. The van der Waals surface area contributed by atoms with Gasteiger partial charge in [-0.3, -0.25) is 4.79 Å². The molecule has 0 bridgehead atoms. The number of fused-ring (bicyclic) bond motifs is 1. The molecule has 190 valence electrons. The van der Waals surface area contributed by atoms with Gasteiger partial charge in [0, 0.05) is 39.3 Å². The van der Waals surface area contributed by atoms with E-state index in [0.29, 0.717) is 35.8 Å². The molecule has 2 aromatic carbocycles. The Morgan fingerprint density at radius 2 is 1.91 bits per heavy atom. The summed E-state index contributed by atoms with van der Waals surface area (Å²) in [5.41, 5.74) is 1.87. The van der Waals surface area contributed by atoms with Gasteiger partial charge in [0.1, 0.15) is 11.9 Å². The van der Waals surface area contributed by atoms with Gasteiger partial charge < -0.3 is 34.6 Å². The molecule has 0 saturated heterocycles. The molecular weight excluding hydrogens is 448 g/mol. The number of aliphatic hydroxyl groups is 1. The van der Waals surface area contributed by atoms with Crippen molar-refractivity contribution in [3.63, 3.8) is 0 Å². The summed E-state index contributed by atoms with van der Waals surface area (Å²) in [5, 5.41) is 12.7. The van der Waals surface area contributed by atoms with E-state index >= 15 is 0 Å². The van der Waals surface area contributed by atoms with Crippen molar-refractivity contribution in [2.75, 3.05) is 58.2 Å². The highest BCUT2D eigenvalue weighted by Gasteiger charge is 2.35. The number of rotatable bonds is 7. The van der Waals surface area contributed by atoms with Gasteiger partial charge in [0.15, 0.2) is 5.75 Å². The third-order valence-corrected chi connectivity index (χ3v) is 6.29. The number of urea groups is 1. The number of carbonyl (C=O) groups excluding carboxylic acids is 2. The van der Waals surface area contributed by atoms with E-state index in [9.17, 15) is 14.7 Å². The summed E-state index contributed by atoms with van der Waals surface area (Å²) in [6.45, 7) is 4.38. The van der Waals surface area contributed by atoms with Crippen LogP contribution in [0.15, 0.2) is 42.5 Å². The number of anilines is 2. The molecule has 2 aromatic rings. The van der Waals surface area contributed by atoms with Crippen LogP contribution in [-0.4, -0.2) is 86.9 Å². The molecule has 0 unspecified atom stereocenters. The first-order chi connectivity index (χ1) is 16.7. The number of ether oxygens (including phenoxy) is 2. The maximum Gasteiger partial charge on any atom is 0.321 e. The molecule has 9 heteroatoms. The maximum atomic E-state index is 13.4. The van der Waals surface area contributed by atoms with Crippen LogP contribution in [0.5, 0.6) is 11.5 Å². The van der Waals surface area contributed by atoms with Gasteiger partial charge in [-0.15, -0.1) is 0 Å². The Hall–Kier alpha value is -3.46. The number of nitrogens with one attached hydrogen (secondary N) is 1. The highest BCUT2D eigenvalue weighted by molar-refractivity contribution is 5.99. The van der Waals surface area contributed by atoms with Crippen LogP contribution in [0.25, 0.3) is 0 Å². The molecule has 0 spiro atoms. The van der Waals surface area contributed by atoms with Crippen molar-refractivity contribution in [3.05, 3.63) is 48.0 Å². The van der Waals surface area contributed by atoms with Crippen LogP contribution in [0.3, 0.4) is 0 Å². The molecule has 0 saturated carbocycles. The number of amides is 3. The molecule has 0 radical (unpaired) electrons. The number of nitrogens with zero attached hydrogens (tertiary/aromatic N) is 3. The lowest BCUT2D eigenvalue weighted by molar-refractivity contribution is 0.0372. The van der Waals surface area contributed by atoms with Gasteiger partial charge in [-0.2, -0.15) is 0 Å². The molecule has 3 amide bonds. The van der Waals surface area contributed by atoms with Crippen LogP contribution >= 0.6 is 0 Å². The Labute approximate surface area is 207 Å². The molecule has 0 fully saturated rings. The fourth-order valence-corrected chi connectivity index (χ4v) is 4.04. The summed E-state index contributed by atoms with van der Waals surface area (Å²) in [6, 6.07) is 12.0. The van der Waals surface area contributed by atoms with E-state index in [1.165, 1.54) is 0 Å². The summed E-state index contributed by atoms with van der Waals surface area (Å²) < 4.78 is 11.7. The predicted octanol–water partition coefficient (Wildman–Crippen LogP) is 3.15. The second-order valence-electron chi connectivity index (χ2n) is 9.21. The Balaban J connectivity index is 1.87. The predicted molar refractivity (Wildman–Crippen MR) is 137 cm³/mol. The van der Waals surface area contributed by atoms with Crippen molar-refractivity contribution in [3.8, 4) is 11.5 Å². The smallest absolute Gasteiger partial charge is 0.321 e. The van der Waals surface area contributed by atoms with Gasteiger partial charge in [0.05, 0.1) is 37.6 Å². The second kappa shape index (κ2) is 11.3. The van der Waals surface area contributed by atoms with Crippen LogP contribution < -0.4 is 19.7 Å². The third kappa shape index (κ3) is 5.97. The quantitative estimate of drug-likeness (QED) is 0.627. The van der Waals surface area contributed by atoms with Crippen molar-refractivity contribution in [1.82, 2.24) is 9.80 Å². The lowest BCUT2D eigenvalue weighted by Crippen LogP contribution is -2.50.